The second-order valence-corrected chi connectivity index (χ2v) is 8.96. The van der Waals surface area contributed by atoms with Crippen LogP contribution in [0.25, 0.3) is 17.1 Å². The highest BCUT2D eigenvalue weighted by Crippen LogP contribution is 2.39. The van der Waals surface area contributed by atoms with Crippen molar-refractivity contribution in [1.29, 1.82) is 5.26 Å². The summed E-state index contributed by atoms with van der Waals surface area (Å²) < 4.78 is 15.3. The van der Waals surface area contributed by atoms with E-state index < -0.39 is 0 Å². The van der Waals surface area contributed by atoms with Crippen LogP contribution < -0.4 is 5.32 Å². The first kappa shape index (κ1) is 22.5. The van der Waals surface area contributed by atoms with E-state index in [4.69, 9.17) is 4.98 Å². The molecule has 174 valence electrons. The molecule has 0 radical (unpaired) electrons. The Morgan fingerprint density at radius 1 is 1.20 bits per heavy atom. The van der Waals surface area contributed by atoms with Gasteiger partial charge in [0.05, 0.1) is 17.3 Å². The van der Waals surface area contributed by atoms with Crippen LogP contribution in [0, 0.1) is 31.0 Å². The number of hydrogen-bond donors (Lipinski definition) is 1. The molecule has 5 rings (SSSR count). The van der Waals surface area contributed by atoms with Gasteiger partial charge in [-0.15, -0.1) is 0 Å². The quantitative estimate of drug-likeness (QED) is 0.363. The Morgan fingerprint density at radius 3 is 2.74 bits per heavy atom. The van der Waals surface area contributed by atoms with Crippen molar-refractivity contribution in [3.8, 4) is 6.07 Å². The van der Waals surface area contributed by atoms with E-state index in [9.17, 15) is 14.4 Å². The van der Waals surface area contributed by atoms with Crippen LogP contribution in [-0.4, -0.2) is 15.5 Å². The molecular formula is C29H25FN4O. The van der Waals surface area contributed by atoms with Crippen molar-refractivity contribution < 1.29 is 9.18 Å². The smallest absolute Gasteiger partial charge is 0.248 e. The number of aryl methyl sites for hydroxylation is 3. The normalized spacial score (nSPS) is 15.2. The molecule has 35 heavy (non-hydrogen) atoms. The highest BCUT2D eigenvalue weighted by molar-refractivity contribution is 6.03. The number of amides is 1. The number of aromatic nitrogens is 2. The van der Waals surface area contributed by atoms with Gasteiger partial charge in [-0.05, 0) is 86.2 Å². The van der Waals surface area contributed by atoms with Crippen LogP contribution in [-0.2, 0) is 11.2 Å². The Hall–Kier alpha value is -4.24. The third-order valence-corrected chi connectivity index (χ3v) is 6.59. The lowest BCUT2D eigenvalue weighted by molar-refractivity contribution is -0.111. The molecule has 0 bridgehead atoms. The molecular weight excluding hydrogens is 439 g/mol. The van der Waals surface area contributed by atoms with Crippen molar-refractivity contribution in [2.75, 3.05) is 5.32 Å². The van der Waals surface area contributed by atoms with E-state index in [1.165, 1.54) is 41.5 Å². The Balaban J connectivity index is 1.65. The Kier molecular flexibility index (Phi) is 5.92. The lowest BCUT2D eigenvalue weighted by Gasteiger charge is -2.28. The molecule has 6 heteroatoms. The van der Waals surface area contributed by atoms with Gasteiger partial charge in [0.1, 0.15) is 17.5 Å². The van der Waals surface area contributed by atoms with Crippen molar-refractivity contribution in [3.05, 3.63) is 100 Å². The molecule has 0 fully saturated rings. The van der Waals surface area contributed by atoms with Crippen molar-refractivity contribution in [2.24, 2.45) is 0 Å². The molecule has 0 unspecified atom stereocenters. The summed E-state index contributed by atoms with van der Waals surface area (Å²) in [6, 6.07) is 18.4. The first-order chi connectivity index (χ1) is 17.0. The number of nitrogens with zero attached hydrogens (tertiary/aromatic N) is 3. The zero-order valence-electron chi connectivity index (χ0n) is 19.7. The molecule has 2 aromatic carbocycles. The van der Waals surface area contributed by atoms with E-state index in [1.807, 2.05) is 26.0 Å². The van der Waals surface area contributed by atoms with Gasteiger partial charge < -0.3 is 9.88 Å². The number of carbonyl (C=O) groups excluding carboxylic acids is 1. The van der Waals surface area contributed by atoms with Gasteiger partial charge in [0, 0.05) is 22.8 Å². The molecule has 2 aromatic heterocycles. The van der Waals surface area contributed by atoms with Crippen molar-refractivity contribution in [2.45, 2.75) is 39.2 Å². The molecule has 1 aliphatic carbocycles. The monoisotopic (exact) mass is 464 g/mol. The second-order valence-electron chi connectivity index (χ2n) is 8.96. The fourth-order valence-corrected chi connectivity index (χ4v) is 5.12. The molecule has 4 aromatic rings. The number of hydrogen-bond acceptors (Lipinski definition) is 3. The second kappa shape index (κ2) is 9.19. The Labute approximate surface area is 203 Å². The van der Waals surface area contributed by atoms with Crippen LogP contribution in [0.3, 0.4) is 0 Å². The first-order valence-corrected chi connectivity index (χ1v) is 11.7. The number of nitrogens with one attached hydrogen (secondary N) is 1. The SMILES string of the molecule is Cc1cc(C)c2c(C#N)c(C=CC(=O)Nc3ccc(F)cc3)n([C@H]3CCCc4ccccc43)c2n1. The molecule has 0 aliphatic heterocycles. The first-order valence-electron chi connectivity index (χ1n) is 11.7. The van der Waals surface area contributed by atoms with Gasteiger partial charge in [-0.1, -0.05) is 24.3 Å². The third kappa shape index (κ3) is 4.22. The van der Waals surface area contributed by atoms with Crippen molar-refractivity contribution >= 4 is 28.7 Å². The maximum absolute atomic E-state index is 13.2. The van der Waals surface area contributed by atoms with E-state index in [0.717, 1.165) is 41.6 Å². The molecule has 1 amide bonds. The molecule has 0 saturated heterocycles. The lowest BCUT2D eigenvalue weighted by Crippen LogP contribution is -2.19. The maximum atomic E-state index is 13.2. The summed E-state index contributed by atoms with van der Waals surface area (Å²) in [4.78, 5) is 17.6. The van der Waals surface area contributed by atoms with Crippen LogP contribution >= 0.6 is 0 Å². The minimum absolute atomic E-state index is 0.0121. The summed E-state index contributed by atoms with van der Waals surface area (Å²) in [5, 5.41) is 13.7. The van der Waals surface area contributed by atoms with Crippen molar-refractivity contribution in [1.82, 2.24) is 9.55 Å². The Bertz CT molecular complexity index is 1510. The van der Waals surface area contributed by atoms with Crippen molar-refractivity contribution in [3.63, 3.8) is 0 Å². The van der Waals surface area contributed by atoms with Crippen LogP contribution in [0.5, 0.6) is 0 Å². The zero-order valence-corrected chi connectivity index (χ0v) is 19.7. The standard InChI is InChI=1S/C29H25FN4O/c1-18-16-19(2)32-29-28(18)24(17-31)26(14-15-27(35)33-22-12-10-21(30)11-13-22)34(29)25-9-5-7-20-6-3-4-8-23(20)25/h3-4,6,8,10-16,25H,5,7,9H2,1-2H3,(H,33,35)/t25-/m0/s1. The Morgan fingerprint density at radius 2 is 1.97 bits per heavy atom. The molecule has 0 spiro atoms. The average molecular weight is 465 g/mol. The number of benzene rings is 2. The number of rotatable bonds is 4. The molecule has 0 saturated carbocycles. The number of nitriles is 1. The summed E-state index contributed by atoms with van der Waals surface area (Å²) in [7, 11) is 0. The van der Waals surface area contributed by atoms with Gasteiger partial charge in [-0.25, -0.2) is 9.37 Å². The number of anilines is 1. The van der Waals surface area contributed by atoms with E-state index in [-0.39, 0.29) is 17.8 Å². The van der Waals surface area contributed by atoms with Crippen LogP contribution in [0.2, 0.25) is 0 Å². The van der Waals surface area contributed by atoms with E-state index in [1.54, 1.807) is 6.08 Å². The largest absolute Gasteiger partial charge is 0.323 e. The summed E-state index contributed by atoms with van der Waals surface area (Å²) in [5.41, 5.74) is 6.84. The van der Waals surface area contributed by atoms with Gasteiger partial charge in [-0.3, -0.25) is 4.79 Å². The molecule has 1 atom stereocenters. The van der Waals surface area contributed by atoms with Gasteiger partial charge in [0.25, 0.3) is 0 Å². The highest BCUT2D eigenvalue weighted by atomic mass is 19.1. The van der Waals surface area contributed by atoms with Crippen LogP contribution in [0.1, 0.15) is 52.5 Å². The summed E-state index contributed by atoms with van der Waals surface area (Å²) in [6.07, 6.45) is 6.09. The summed E-state index contributed by atoms with van der Waals surface area (Å²) >= 11 is 0. The predicted octanol–water partition coefficient (Wildman–Crippen LogP) is 6.24. The van der Waals surface area contributed by atoms with E-state index in [0.29, 0.717) is 16.9 Å². The van der Waals surface area contributed by atoms with Gasteiger partial charge in [-0.2, -0.15) is 5.26 Å². The number of pyridine rings is 1. The number of fused-ring (bicyclic) bond motifs is 2. The van der Waals surface area contributed by atoms with Gasteiger partial charge >= 0.3 is 0 Å². The van der Waals surface area contributed by atoms with Crippen LogP contribution in [0.4, 0.5) is 10.1 Å². The number of carbonyl (C=O) groups is 1. The van der Waals surface area contributed by atoms with Gasteiger partial charge in [0.15, 0.2) is 0 Å². The van der Waals surface area contributed by atoms with Gasteiger partial charge in [0.2, 0.25) is 5.91 Å². The maximum Gasteiger partial charge on any atom is 0.248 e. The number of halogens is 1. The summed E-state index contributed by atoms with van der Waals surface area (Å²) in [5.74, 6) is -0.727. The molecule has 5 nitrogen and oxygen atoms in total. The fourth-order valence-electron chi connectivity index (χ4n) is 5.12. The predicted molar refractivity (Wildman–Crippen MR) is 136 cm³/mol. The minimum Gasteiger partial charge on any atom is -0.323 e. The fraction of sp³-hybridized carbons (Fsp3) is 0.207. The van der Waals surface area contributed by atoms with Crippen LogP contribution in [0.15, 0.2) is 60.7 Å². The third-order valence-electron chi connectivity index (χ3n) is 6.59. The van der Waals surface area contributed by atoms with E-state index in [2.05, 4.69) is 34.2 Å². The average Bonchev–Trinajstić information content (AvgIpc) is 3.17. The minimum atomic E-state index is -0.368. The molecule has 1 aliphatic rings. The highest BCUT2D eigenvalue weighted by Gasteiger charge is 2.28. The lowest BCUT2D eigenvalue weighted by atomic mass is 9.87. The summed E-state index contributed by atoms with van der Waals surface area (Å²) in [6.45, 7) is 3.95. The zero-order chi connectivity index (χ0) is 24.5. The van der Waals surface area contributed by atoms with E-state index >= 15 is 0 Å². The molecule has 2 heterocycles. The topological polar surface area (TPSA) is 70.7 Å². The molecule has 1 N–H and O–H groups in total.